The Morgan fingerprint density at radius 2 is 2.07 bits per heavy atom. The predicted molar refractivity (Wildman–Crippen MR) is 165 cm³/mol. The number of aryl methyl sites for hydroxylation is 1. The Bertz CT molecular complexity index is 1630. The van der Waals surface area contributed by atoms with E-state index >= 15 is 0 Å². The van der Waals surface area contributed by atoms with Gasteiger partial charge in [0, 0.05) is 54.6 Å². The molecule has 0 N–H and O–H groups in total. The smallest absolute Gasteiger partial charge is 0.272 e. The standard InChI is InChI=1S/C33H36BFN6O4/c1-21(2)41(23-7-10-43-16-23)32(42)25-11-22(35)3-4-28(25)45-30-15-37-20-39-31(30)40-17-33(18-40)12-24(13-33)44-29-6-9-38-27-5-8-34(19-36)14-26(27)29/h3-4,6,9,11,15,20-21,23-24H,5,7-8,10,12-14,16-18H2,1-2H3. The lowest BCUT2D eigenvalue weighted by molar-refractivity contribution is -0.0348. The quantitative estimate of drug-likeness (QED) is 0.336. The second-order valence-electron chi connectivity index (χ2n) is 13.1. The number of anilines is 1. The average molecular weight is 610 g/mol. The van der Waals surface area contributed by atoms with E-state index in [1.54, 1.807) is 17.3 Å². The molecule has 4 aliphatic rings. The minimum absolute atomic E-state index is 0.0152. The highest BCUT2D eigenvalue weighted by Crippen LogP contribution is 2.52. The molecule has 2 aromatic heterocycles. The van der Waals surface area contributed by atoms with E-state index in [1.807, 2.05) is 19.9 Å². The Labute approximate surface area is 262 Å². The van der Waals surface area contributed by atoms with Crippen molar-refractivity contribution in [2.24, 2.45) is 5.41 Å². The third-order valence-corrected chi connectivity index (χ3v) is 9.57. The monoisotopic (exact) mass is 610 g/mol. The van der Waals surface area contributed by atoms with Crippen LogP contribution in [-0.4, -0.2) is 77.0 Å². The Balaban J connectivity index is 1.03. The second-order valence-corrected chi connectivity index (χ2v) is 13.1. The molecule has 12 heteroatoms. The maximum Gasteiger partial charge on any atom is 0.272 e. The maximum atomic E-state index is 14.5. The molecule has 10 nitrogen and oxygen atoms in total. The number of halogens is 1. The summed E-state index contributed by atoms with van der Waals surface area (Å²) in [4.78, 5) is 30.9. The number of amides is 1. The molecule has 1 amide bonds. The van der Waals surface area contributed by atoms with Crippen LogP contribution in [0.2, 0.25) is 6.32 Å². The van der Waals surface area contributed by atoms with Crippen LogP contribution in [0.5, 0.6) is 17.2 Å². The molecule has 1 aromatic carbocycles. The number of nitriles is 1. The van der Waals surface area contributed by atoms with Gasteiger partial charge in [-0.3, -0.25) is 9.78 Å². The van der Waals surface area contributed by atoms with Gasteiger partial charge in [-0.1, -0.05) is 6.32 Å². The number of pyridine rings is 1. The van der Waals surface area contributed by atoms with E-state index in [1.165, 1.54) is 24.5 Å². The number of carbonyl (C=O) groups is 1. The van der Waals surface area contributed by atoms with Crippen LogP contribution in [0.25, 0.3) is 0 Å². The highest BCUT2D eigenvalue weighted by Gasteiger charge is 2.54. The molecule has 1 spiro atoms. The van der Waals surface area contributed by atoms with Gasteiger partial charge in [0.05, 0.1) is 24.4 Å². The summed E-state index contributed by atoms with van der Waals surface area (Å²) < 4.78 is 32.7. The largest absolute Gasteiger partial charge is 0.490 e. The number of nitrogens with zero attached hydrogens (tertiary/aromatic N) is 6. The summed E-state index contributed by atoms with van der Waals surface area (Å²) in [5.74, 6) is 3.77. The first-order chi connectivity index (χ1) is 21.8. The molecule has 3 aliphatic heterocycles. The van der Waals surface area contributed by atoms with Crippen LogP contribution in [0, 0.1) is 22.5 Å². The number of benzene rings is 1. The number of ether oxygens (including phenoxy) is 3. The summed E-state index contributed by atoms with van der Waals surface area (Å²) in [5.41, 5.74) is 2.42. The minimum atomic E-state index is -0.509. The summed E-state index contributed by atoms with van der Waals surface area (Å²) >= 11 is 0. The lowest BCUT2D eigenvalue weighted by Crippen LogP contribution is -2.65. The molecule has 0 radical (unpaired) electrons. The molecule has 1 saturated carbocycles. The Hall–Kier alpha value is -4.24. The molecule has 2 saturated heterocycles. The molecule has 1 atom stereocenters. The molecule has 5 heterocycles. The number of carbonyl (C=O) groups excluding carboxylic acids is 1. The molecule has 3 fully saturated rings. The molecule has 7 rings (SSSR count). The number of rotatable bonds is 8. The van der Waals surface area contributed by atoms with E-state index in [0.29, 0.717) is 31.1 Å². The Morgan fingerprint density at radius 1 is 1.22 bits per heavy atom. The van der Waals surface area contributed by atoms with Gasteiger partial charge in [-0.2, -0.15) is 0 Å². The topological polar surface area (TPSA) is 114 Å². The van der Waals surface area contributed by atoms with Crippen molar-refractivity contribution < 1.29 is 23.4 Å². The van der Waals surface area contributed by atoms with Crippen LogP contribution < -0.4 is 14.4 Å². The fourth-order valence-corrected chi connectivity index (χ4v) is 7.37. The molecule has 45 heavy (non-hydrogen) atoms. The minimum Gasteiger partial charge on any atom is -0.490 e. The van der Waals surface area contributed by atoms with Gasteiger partial charge in [0.1, 0.15) is 29.7 Å². The molecule has 232 valence electrons. The van der Waals surface area contributed by atoms with Crippen molar-refractivity contribution in [3.63, 3.8) is 0 Å². The number of fused-ring (bicyclic) bond motifs is 1. The van der Waals surface area contributed by atoms with Crippen molar-refractivity contribution >= 4 is 18.4 Å². The fourth-order valence-electron chi connectivity index (χ4n) is 7.37. The summed E-state index contributed by atoms with van der Waals surface area (Å²) in [5, 5.41) is 9.44. The highest BCUT2D eigenvalue weighted by molar-refractivity contribution is 6.66. The van der Waals surface area contributed by atoms with Gasteiger partial charge in [0.25, 0.3) is 12.6 Å². The third kappa shape index (κ3) is 5.70. The lowest BCUT2D eigenvalue weighted by atomic mass is 9.42. The van der Waals surface area contributed by atoms with Gasteiger partial charge < -0.3 is 24.0 Å². The van der Waals surface area contributed by atoms with Crippen LogP contribution in [0.1, 0.15) is 54.7 Å². The summed E-state index contributed by atoms with van der Waals surface area (Å²) in [6.45, 7) is 6.56. The number of aromatic nitrogens is 3. The normalized spacial score (nSPS) is 20.3. The van der Waals surface area contributed by atoms with Crippen molar-refractivity contribution in [1.29, 1.82) is 5.26 Å². The van der Waals surface area contributed by atoms with Crippen LogP contribution in [0.4, 0.5) is 10.2 Å². The third-order valence-electron chi connectivity index (χ3n) is 9.57. The van der Waals surface area contributed by atoms with Crippen molar-refractivity contribution in [2.75, 3.05) is 31.2 Å². The van der Waals surface area contributed by atoms with Crippen LogP contribution in [0.3, 0.4) is 0 Å². The van der Waals surface area contributed by atoms with Crippen molar-refractivity contribution in [3.8, 4) is 23.2 Å². The molecular weight excluding hydrogens is 574 g/mol. The molecule has 0 bridgehead atoms. The average Bonchev–Trinajstić information content (AvgIpc) is 3.53. The van der Waals surface area contributed by atoms with E-state index in [9.17, 15) is 14.4 Å². The van der Waals surface area contributed by atoms with Gasteiger partial charge >= 0.3 is 0 Å². The SMILES string of the molecule is CC(C)N(C(=O)c1cc(F)ccc1Oc1cncnc1N1CC2(CC(Oc3ccnc4c3CB(C#N)CC4)C2)C1)C1CCOC1. The van der Waals surface area contributed by atoms with E-state index in [-0.39, 0.29) is 47.5 Å². The fraction of sp³-hybridized carbons (Fsp3) is 0.485. The van der Waals surface area contributed by atoms with Gasteiger partial charge in [-0.05, 0) is 70.1 Å². The molecular formula is C33H36BFN6O4. The first-order valence-corrected chi connectivity index (χ1v) is 15.8. The van der Waals surface area contributed by atoms with Crippen LogP contribution >= 0.6 is 0 Å². The van der Waals surface area contributed by atoms with Crippen molar-refractivity contribution in [1.82, 2.24) is 19.9 Å². The van der Waals surface area contributed by atoms with E-state index in [2.05, 4.69) is 25.8 Å². The van der Waals surface area contributed by atoms with E-state index in [0.717, 1.165) is 62.1 Å². The summed E-state index contributed by atoms with van der Waals surface area (Å²) in [6.07, 6.45) is 9.95. The maximum absolute atomic E-state index is 14.5. The lowest BCUT2D eigenvalue weighted by Gasteiger charge is -2.59. The zero-order valence-corrected chi connectivity index (χ0v) is 25.6. The number of hydrogen-bond acceptors (Lipinski definition) is 9. The Morgan fingerprint density at radius 3 is 2.82 bits per heavy atom. The van der Waals surface area contributed by atoms with Crippen molar-refractivity contribution in [2.45, 2.75) is 70.4 Å². The Kier molecular flexibility index (Phi) is 7.82. The van der Waals surface area contributed by atoms with E-state index < -0.39 is 5.82 Å². The zero-order chi connectivity index (χ0) is 31.1. The first-order valence-electron chi connectivity index (χ1n) is 15.8. The van der Waals surface area contributed by atoms with Crippen LogP contribution in [0.15, 0.2) is 43.0 Å². The summed E-state index contributed by atoms with van der Waals surface area (Å²) in [7, 11) is 0. The predicted octanol–water partition coefficient (Wildman–Crippen LogP) is 4.69. The van der Waals surface area contributed by atoms with Gasteiger partial charge in [-0.15, -0.1) is 0 Å². The second kappa shape index (κ2) is 11.9. The van der Waals surface area contributed by atoms with Gasteiger partial charge in [0.2, 0.25) is 0 Å². The first kappa shape index (κ1) is 29.5. The van der Waals surface area contributed by atoms with Crippen molar-refractivity contribution in [3.05, 3.63) is 65.6 Å². The van der Waals surface area contributed by atoms with E-state index in [4.69, 9.17) is 14.2 Å². The molecule has 3 aromatic rings. The highest BCUT2D eigenvalue weighted by atomic mass is 19.1. The molecule has 1 aliphatic carbocycles. The van der Waals surface area contributed by atoms with Crippen LogP contribution in [-0.2, 0) is 17.5 Å². The van der Waals surface area contributed by atoms with Gasteiger partial charge in [-0.25, -0.2) is 19.6 Å². The summed E-state index contributed by atoms with van der Waals surface area (Å²) in [6, 6.07) is 5.78. The molecule has 1 unspecified atom stereocenters. The number of hydrogen-bond donors (Lipinski definition) is 0. The zero-order valence-electron chi connectivity index (χ0n) is 25.6. The van der Waals surface area contributed by atoms with Gasteiger partial charge in [0.15, 0.2) is 11.6 Å².